The predicted octanol–water partition coefficient (Wildman–Crippen LogP) is 4.18. The van der Waals surface area contributed by atoms with E-state index in [9.17, 15) is 4.79 Å². The molecule has 3 aromatic rings. The molecular formula is C18H17NO2S. The first kappa shape index (κ1) is 14.6. The summed E-state index contributed by atoms with van der Waals surface area (Å²) in [6.45, 7) is 0.576. The van der Waals surface area contributed by atoms with Crippen LogP contribution >= 0.6 is 11.3 Å². The second-order valence-electron chi connectivity index (χ2n) is 5.15. The standard InChI is InChI=1S/C18H17NO2S/c1-19(11-13-7-9-14(21-2)10-8-13)18(20)16-12-22-17-6-4-3-5-15(16)17/h3-10,12H,11H2,1-2H3. The van der Waals surface area contributed by atoms with E-state index in [0.29, 0.717) is 6.54 Å². The van der Waals surface area contributed by atoms with Crippen LogP contribution < -0.4 is 4.74 Å². The molecule has 0 atom stereocenters. The molecule has 3 nitrogen and oxygen atoms in total. The van der Waals surface area contributed by atoms with E-state index >= 15 is 0 Å². The Balaban J connectivity index is 1.79. The van der Waals surface area contributed by atoms with Crippen molar-refractivity contribution in [2.24, 2.45) is 0 Å². The Kier molecular flexibility index (Phi) is 4.11. The average Bonchev–Trinajstić information content (AvgIpc) is 2.99. The Morgan fingerprint density at radius 3 is 2.59 bits per heavy atom. The zero-order chi connectivity index (χ0) is 15.5. The van der Waals surface area contributed by atoms with Crippen LogP contribution in [0.4, 0.5) is 0 Å². The maximum Gasteiger partial charge on any atom is 0.255 e. The molecule has 0 spiro atoms. The number of hydrogen-bond acceptors (Lipinski definition) is 3. The minimum absolute atomic E-state index is 0.0493. The molecule has 0 fully saturated rings. The van der Waals surface area contributed by atoms with E-state index < -0.39 is 0 Å². The van der Waals surface area contributed by atoms with Gasteiger partial charge < -0.3 is 9.64 Å². The minimum Gasteiger partial charge on any atom is -0.497 e. The topological polar surface area (TPSA) is 29.5 Å². The Morgan fingerprint density at radius 2 is 1.86 bits per heavy atom. The van der Waals surface area contributed by atoms with Crippen LogP contribution in [0.3, 0.4) is 0 Å². The van der Waals surface area contributed by atoms with E-state index in [1.807, 2.05) is 61.0 Å². The number of carbonyl (C=O) groups excluding carboxylic acids is 1. The van der Waals surface area contributed by atoms with Crippen molar-refractivity contribution >= 4 is 27.3 Å². The number of rotatable bonds is 4. The smallest absolute Gasteiger partial charge is 0.255 e. The van der Waals surface area contributed by atoms with Gasteiger partial charge in [0.1, 0.15) is 5.75 Å². The Hall–Kier alpha value is -2.33. The molecule has 1 amide bonds. The van der Waals surface area contributed by atoms with E-state index in [1.165, 1.54) is 0 Å². The van der Waals surface area contributed by atoms with Gasteiger partial charge in [-0.1, -0.05) is 30.3 Å². The van der Waals surface area contributed by atoms with Gasteiger partial charge in [0.2, 0.25) is 0 Å². The van der Waals surface area contributed by atoms with Gasteiger partial charge in [0, 0.05) is 29.1 Å². The fourth-order valence-corrected chi connectivity index (χ4v) is 3.36. The Labute approximate surface area is 133 Å². The zero-order valence-corrected chi connectivity index (χ0v) is 13.4. The second-order valence-corrected chi connectivity index (χ2v) is 6.07. The van der Waals surface area contributed by atoms with E-state index in [0.717, 1.165) is 27.0 Å². The van der Waals surface area contributed by atoms with Crippen LogP contribution in [0.5, 0.6) is 5.75 Å². The fraction of sp³-hybridized carbons (Fsp3) is 0.167. The van der Waals surface area contributed by atoms with E-state index in [1.54, 1.807) is 23.3 Å². The van der Waals surface area contributed by atoms with Gasteiger partial charge in [-0.25, -0.2) is 0 Å². The van der Waals surface area contributed by atoms with E-state index in [-0.39, 0.29) is 5.91 Å². The maximum atomic E-state index is 12.7. The summed E-state index contributed by atoms with van der Waals surface area (Å²) < 4.78 is 6.29. The number of hydrogen-bond donors (Lipinski definition) is 0. The number of methoxy groups -OCH3 is 1. The van der Waals surface area contributed by atoms with Gasteiger partial charge in [0.15, 0.2) is 0 Å². The third-order valence-electron chi connectivity index (χ3n) is 3.64. The van der Waals surface area contributed by atoms with Gasteiger partial charge in [-0.2, -0.15) is 0 Å². The molecule has 1 aromatic heterocycles. The van der Waals surface area contributed by atoms with Crippen molar-refractivity contribution in [1.29, 1.82) is 0 Å². The van der Waals surface area contributed by atoms with Crippen LogP contribution in [0.1, 0.15) is 15.9 Å². The van der Waals surface area contributed by atoms with Crippen LogP contribution in [0.2, 0.25) is 0 Å². The molecule has 0 radical (unpaired) electrons. The quantitative estimate of drug-likeness (QED) is 0.723. The highest BCUT2D eigenvalue weighted by Crippen LogP contribution is 2.26. The van der Waals surface area contributed by atoms with Gasteiger partial charge >= 0.3 is 0 Å². The maximum absolute atomic E-state index is 12.7. The number of thiophene rings is 1. The highest BCUT2D eigenvalue weighted by Gasteiger charge is 2.16. The second kappa shape index (κ2) is 6.20. The predicted molar refractivity (Wildman–Crippen MR) is 90.6 cm³/mol. The summed E-state index contributed by atoms with van der Waals surface area (Å²) in [6.07, 6.45) is 0. The molecule has 0 aliphatic rings. The lowest BCUT2D eigenvalue weighted by Crippen LogP contribution is -2.25. The van der Waals surface area contributed by atoms with Crippen molar-refractivity contribution in [2.75, 3.05) is 14.2 Å². The van der Waals surface area contributed by atoms with Crippen LogP contribution in [0.25, 0.3) is 10.1 Å². The Bertz CT molecular complexity index is 792. The van der Waals surface area contributed by atoms with Crippen molar-refractivity contribution in [2.45, 2.75) is 6.54 Å². The van der Waals surface area contributed by atoms with E-state index in [4.69, 9.17) is 4.74 Å². The number of benzene rings is 2. The molecule has 4 heteroatoms. The molecule has 1 heterocycles. The molecule has 3 rings (SSSR count). The van der Waals surface area contributed by atoms with Crippen LogP contribution in [-0.4, -0.2) is 25.0 Å². The lowest BCUT2D eigenvalue weighted by Gasteiger charge is -2.17. The van der Waals surface area contributed by atoms with Crippen molar-refractivity contribution < 1.29 is 9.53 Å². The van der Waals surface area contributed by atoms with Gasteiger partial charge in [-0.15, -0.1) is 11.3 Å². The van der Waals surface area contributed by atoms with Crippen molar-refractivity contribution in [3.8, 4) is 5.75 Å². The number of amides is 1. The van der Waals surface area contributed by atoms with Crippen molar-refractivity contribution in [3.63, 3.8) is 0 Å². The first-order valence-corrected chi connectivity index (χ1v) is 7.91. The molecule has 22 heavy (non-hydrogen) atoms. The SMILES string of the molecule is COc1ccc(CN(C)C(=O)c2csc3ccccc23)cc1. The van der Waals surface area contributed by atoms with Gasteiger partial charge in [0.25, 0.3) is 5.91 Å². The summed E-state index contributed by atoms with van der Waals surface area (Å²) in [4.78, 5) is 14.4. The molecular weight excluding hydrogens is 294 g/mol. The van der Waals surface area contributed by atoms with Crippen LogP contribution in [0.15, 0.2) is 53.9 Å². The summed E-state index contributed by atoms with van der Waals surface area (Å²) >= 11 is 1.61. The molecule has 0 aliphatic heterocycles. The third kappa shape index (κ3) is 2.83. The molecule has 0 bridgehead atoms. The summed E-state index contributed by atoms with van der Waals surface area (Å²) in [5.41, 5.74) is 1.85. The molecule has 0 N–H and O–H groups in total. The largest absolute Gasteiger partial charge is 0.497 e. The molecule has 2 aromatic carbocycles. The highest BCUT2D eigenvalue weighted by molar-refractivity contribution is 7.17. The fourth-order valence-electron chi connectivity index (χ4n) is 2.43. The van der Waals surface area contributed by atoms with E-state index in [2.05, 4.69) is 0 Å². The summed E-state index contributed by atoms with van der Waals surface area (Å²) in [7, 11) is 3.48. The molecule has 112 valence electrons. The summed E-state index contributed by atoms with van der Waals surface area (Å²) in [5, 5.41) is 2.97. The van der Waals surface area contributed by atoms with Crippen molar-refractivity contribution in [3.05, 3.63) is 65.0 Å². The molecule has 0 saturated carbocycles. The molecule has 0 saturated heterocycles. The zero-order valence-electron chi connectivity index (χ0n) is 12.6. The lowest BCUT2D eigenvalue weighted by atomic mass is 10.1. The van der Waals surface area contributed by atoms with Crippen LogP contribution in [-0.2, 0) is 6.54 Å². The van der Waals surface area contributed by atoms with Crippen LogP contribution in [0, 0.1) is 0 Å². The third-order valence-corrected chi connectivity index (χ3v) is 4.60. The summed E-state index contributed by atoms with van der Waals surface area (Å²) in [5.74, 6) is 0.870. The number of fused-ring (bicyclic) bond motifs is 1. The highest BCUT2D eigenvalue weighted by atomic mass is 32.1. The summed E-state index contributed by atoms with van der Waals surface area (Å²) in [6, 6.07) is 15.8. The number of carbonyl (C=O) groups is 1. The molecule has 0 aliphatic carbocycles. The molecule has 0 unspecified atom stereocenters. The monoisotopic (exact) mass is 311 g/mol. The average molecular weight is 311 g/mol. The lowest BCUT2D eigenvalue weighted by molar-refractivity contribution is 0.0787. The first-order valence-electron chi connectivity index (χ1n) is 7.03. The Morgan fingerprint density at radius 1 is 1.14 bits per heavy atom. The van der Waals surface area contributed by atoms with Gasteiger partial charge in [-0.05, 0) is 23.8 Å². The van der Waals surface area contributed by atoms with Gasteiger partial charge in [-0.3, -0.25) is 4.79 Å². The minimum atomic E-state index is 0.0493. The normalized spacial score (nSPS) is 10.6. The van der Waals surface area contributed by atoms with Gasteiger partial charge in [0.05, 0.1) is 12.7 Å². The number of ether oxygens (including phenoxy) is 1. The van der Waals surface area contributed by atoms with Crippen molar-refractivity contribution in [1.82, 2.24) is 4.90 Å². The first-order chi connectivity index (χ1) is 10.7. The number of nitrogens with zero attached hydrogens (tertiary/aromatic N) is 1.